The van der Waals surface area contributed by atoms with Crippen molar-refractivity contribution >= 4 is 29.0 Å². The summed E-state index contributed by atoms with van der Waals surface area (Å²) in [6.45, 7) is -0.516. The van der Waals surface area contributed by atoms with Crippen LogP contribution in [0.15, 0.2) is 70.4 Å². The van der Waals surface area contributed by atoms with Gasteiger partial charge in [-0.25, -0.2) is 4.98 Å². The van der Waals surface area contributed by atoms with Crippen molar-refractivity contribution in [3.63, 3.8) is 0 Å². The summed E-state index contributed by atoms with van der Waals surface area (Å²) in [5, 5.41) is 4.37. The number of nitrogens with one attached hydrogen (secondary N) is 1. The monoisotopic (exact) mass is 422 g/mol. The molecule has 0 saturated heterocycles. The number of hydrogen-bond donors (Lipinski definition) is 1. The number of carbonyl (C=O) groups is 1. The fourth-order valence-corrected chi connectivity index (χ4v) is 4.25. The molecule has 0 aliphatic carbocycles. The third-order valence-corrected chi connectivity index (χ3v) is 5.80. The molecular formula is C20H17F3N2OS2. The zero-order valence-electron chi connectivity index (χ0n) is 14.6. The van der Waals surface area contributed by atoms with Crippen molar-refractivity contribution in [1.29, 1.82) is 0 Å². The number of thiazole rings is 1. The van der Waals surface area contributed by atoms with Crippen LogP contribution >= 0.6 is 23.1 Å². The van der Waals surface area contributed by atoms with Crippen LogP contribution in [0.25, 0.3) is 0 Å². The molecule has 0 radical (unpaired) electrons. The van der Waals surface area contributed by atoms with Crippen LogP contribution in [0.4, 0.5) is 13.2 Å². The maximum atomic E-state index is 13.5. The summed E-state index contributed by atoms with van der Waals surface area (Å²) in [7, 11) is 0. The van der Waals surface area contributed by atoms with Crippen LogP contribution in [0, 0.1) is 0 Å². The molecule has 146 valence electrons. The number of amides is 1. The Bertz CT molecular complexity index is 899. The Hall–Kier alpha value is -2.32. The SMILES string of the molecule is O=C(NC[C@H](c1ccccc1)C(F)(F)F)c1ccccc1SCc1cscn1. The second kappa shape index (κ2) is 9.25. The van der Waals surface area contributed by atoms with Crippen LogP contribution < -0.4 is 5.32 Å². The lowest BCUT2D eigenvalue weighted by molar-refractivity contribution is -0.149. The molecule has 3 nitrogen and oxygen atoms in total. The molecule has 0 aliphatic rings. The highest BCUT2D eigenvalue weighted by atomic mass is 32.2. The number of halogens is 3. The number of hydrogen-bond acceptors (Lipinski definition) is 4. The van der Waals surface area contributed by atoms with Crippen molar-refractivity contribution in [2.24, 2.45) is 0 Å². The first-order chi connectivity index (χ1) is 13.4. The molecule has 0 saturated carbocycles. The minimum atomic E-state index is -4.45. The molecule has 8 heteroatoms. The lowest BCUT2D eigenvalue weighted by Gasteiger charge is -2.21. The van der Waals surface area contributed by atoms with Crippen molar-refractivity contribution in [2.75, 3.05) is 6.54 Å². The Morgan fingerprint density at radius 1 is 1.11 bits per heavy atom. The van der Waals surface area contributed by atoms with Crippen LogP contribution in [0.5, 0.6) is 0 Å². The van der Waals surface area contributed by atoms with E-state index in [1.54, 1.807) is 48.0 Å². The van der Waals surface area contributed by atoms with E-state index in [0.717, 1.165) is 5.69 Å². The third-order valence-electron chi connectivity index (χ3n) is 4.05. The number of aromatic nitrogens is 1. The van der Waals surface area contributed by atoms with Gasteiger partial charge in [0.2, 0.25) is 0 Å². The minimum Gasteiger partial charge on any atom is -0.351 e. The van der Waals surface area contributed by atoms with E-state index in [0.29, 0.717) is 16.2 Å². The largest absolute Gasteiger partial charge is 0.397 e. The van der Waals surface area contributed by atoms with Gasteiger partial charge >= 0.3 is 6.18 Å². The first kappa shape index (κ1) is 20.4. The molecule has 1 N–H and O–H groups in total. The van der Waals surface area contributed by atoms with Crippen molar-refractivity contribution in [3.8, 4) is 0 Å². The Labute approximate surface area is 169 Å². The van der Waals surface area contributed by atoms with Crippen LogP contribution in [0.1, 0.15) is 27.5 Å². The number of nitrogens with zero attached hydrogens (tertiary/aromatic N) is 1. The fourth-order valence-electron chi connectivity index (χ4n) is 2.64. The summed E-state index contributed by atoms with van der Waals surface area (Å²) < 4.78 is 40.4. The number of rotatable bonds is 7. The zero-order chi connectivity index (χ0) is 20.0. The topological polar surface area (TPSA) is 42.0 Å². The maximum Gasteiger partial charge on any atom is 0.397 e. The van der Waals surface area contributed by atoms with Gasteiger partial charge in [-0.3, -0.25) is 4.79 Å². The number of benzene rings is 2. The van der Waals surface area contributed by atoms with E-state index < -0.39 is 24.5 Å². The van der Waals surface area contributed by atoms with Crippen LogP contribution in [-0.4, -0.2) is 23.6 Å². The Morgan fingerprint density at radius 3 is 2.50 bits per heavy atom. The maximum absolute atomic E-state index is 13.5. The molecule has 0 unspecified atom stereocenters. The lowest BCUT2D eigenvalue weighted by Crippen LogP contribution is -2.35. The van der Waals surface area contributed by atoms with Crippen LogP contribution in [-0.2, 0) is 5.75 Å². The predicted octanol–water partition coefficient (Wildman–Crippen LogP) is 5.51. The number of thioether (sulfide) groups is 1. The van der Waals surface area contributed by atoms with Crippen molar-refractivity contribution in [1.82, 2.24) is 10.3 Å². The van der Waals surface area contributed by atoms with E-state index in [2.05, 4.69) is 10.3 Å². The molecule has 1 atom stereocenters. The Morgan fingerprint density at radius 2 is 1.82 bits per heavy atom. The third kappa shape index (κ3) is 5.36. The second-order valence-corrected chi connectivity index (χ2v) is 7.72. The lowest BCUT2D eigenvalue weighted by atomic mass is 9.98. The molecule has 1 aromatic heterocycles. The van der Waals surface area contributed by atoms with E-state index in [4.69, 9.17) is 0 Å². The fraction of sp³-hybridized carbons (Fsp3) is 0.200. The highest BCUT2D eigenvalue weighted by Crippen LogP contribution is 2.34. The zero-order valence-corrected chi connectivity index (χ0v) is 16.3. The molecule has 1 amide bonds. The van der Waals surface area contributed by atoms with Gasteiger partial charge in [0.25, 0.3) is 5.91 Å². The summed E-state index contributed by atoms with van der Waals surface area (Å²) in [5.74, 6) is -1.69. The number of alkyl halides is 3. The normalized spacial score (nSPS) is 12.5. The second-order valence-electron chi connectivity index (χ2n) is 5.98. The van der Waals surface area contributed by atoms with Gasteiger partial charge in [-0.2, -0.15) is 13.2 Å². The van der Waals surface area contributed by atoms with Crippen molar-refractivity contribution in [2.45, 2.75) is 22.7 Å². The van der Waals surface area contributed by atoms with E-state index in [1.807, 2.05) is 5.38 Å². The van der Waals surface area contributed by atoms with E-state index in [1.165, 1.54) is 35.2 Å². The summed E-state index contributed by atoms with van der Waals surface area (Å²) in [5.41, 5.74) is 3.11. The van der Waals surface area contributed by atoms with Crippen molar-refractivity contribution < 1.29 is 18.0 Å². The van der Waals surface area contributed by atoms with Crippen molar-refractivity contribution in [3.05, 3.63) is 82.3 Å². The standard InChI is InChI=1S/C20H17F3N2OS2/c21-20(22,23)17(14-6-2-1-3-7-14)10-24-19(26)16-8-4-5-9-18(16)28-12-15-11-27-13-25-15/h1-9,11,13,17H,10,12H2,(H,24,26)/t17-/m1/s1. The first-order valence-corrected chi connectivity index (χ1v) is 10.4. The number of carbonyl (C=O) groups excluding carboxylic acids is 1. The van der Waals surface area contributed by atoms with Gasteiger partial charge in [0.05, 0.1) is 22.7 Å². The molecule has 28 heavy (non-hydrogen) atoms. The summed E-state index contributed by atoms with van der Waals surface area (Å²) in [6, 6.07) is 14.5. The van der Waals surface area contributed by atoms with Gasteiger partial charge in [-0.15, -0.1) is 23.1 Å². The quantitative estimate of drug-likeness (QED) is 0.511. The highest BCUT2D eigenvalue weighted by molar-refractivity contribution is 7.98. The highest BCUT2D eigenvalue weighted by Gasteiger charge is 2.40. The van der Waals surface area contributed by atoms with Gasteiger partial charge in [0.1, 0.15) is 0 Å². The molecule has 1 heterocycles. The Kier molecular flexibility index (Phi) is 6.74. The molecule has 0 aliphatic heterocycles. The van der Waals surface area contributed by atoms with Gasteiger partial charge < -0.3 is 5.32 Å². The Balaban J connectivity index is 1.70. The summed E-state index contributed by atoms with van der Waals surface area (Å²) in [4.78, 5) is 17.5. The molecule has 0 fully saturated rings. The van der Waals surface area contributed by atoms with Gasteiger partial charge in [-0.1, -0.05) is 42.5 Å². The minimum absolute atomic E-state index is 0.126. The van der Waals surface area contributed by atoms with E-state index in [-0.39, 0.29) is 5.56 Å². The van der Waals surface area contributed by atoms with Gasteiger partial charge in [0.15, 0.2) is 0 Å². The average molecular weight is 422 g/mol. The summed E-state index contributed by atoms with van der Waals surface area (Å²) >= 11 is 2.92. The first-order valence-electron chi connectivity index (χ1n) is 8.44. The van der Waals surface area contributed by atoms with E-state index in [9.17, 15) is 18.0 Å². The van der Waals surface area contributed by atoms with Gasteiger partial charge in [-0.05, 0) is 17.7 Å². The van der Waals surface area contributed by atoms with Crippen LogP contribution in [0.2, 0.25) is 0 Å². The van der Waals surface area contributed by atoms with Gasteiger partial charge in [0, 0.05) is 22.6 Å². The molecule has 2 aromatic carbocycles. The van der Waals surface area contributed by atoms with E-state index >= 15 is 0 Å². The average Bonchev–Trinajstić information content (AvgIpc) is 3.20. The molecule has 3 rings (SSSR count). The molecule has 3 aromatic rings. The molecular weight excluding hydrogens is 405 g/mol. The summed E-state index contributed by atoms with van der Waals surface area (Å²) in [6.07, 6.45) is -4.45. The van der Waals surface area contributed by atoms with Crippen LogP contribution in [0.3, 0.4) is 0 Å². The molecule has 0 bridgehead atoms. The smallest absolute Gasteiger partial charge is 0.351 e. The molecule has 0 spiro atoms. The predicted molar refractivity (Wildman–Crippen MR) is 106 cm³/mol.